The number of nitrogens with two attached hydrogens (primary N) is 1. The molecule has 5 N–H and O–H groups in total. The number of rotatable bonds is 5. The van der Waals surface area contributed by atoms with E-state index in [-0.39, 0.29) is 18.3 Å². The molecule has 1 rings (SSSR count). The third-order valence-electron chi connectivity index (χ3n) is 2.21. The van der Waals surface area contributed by atoms with Gasteiger partial charge in [0.2, 0.25) is 11.9 Å². The number of nitrogens with zero attached hydrogens (tertiary/aromatic N) is 2. The predicted octanol–water partition coefficient (Wildman–Crippen LogP) is -1.02. The Morgan fingerprint density at radius 3 is 2.59 bits per heavy atom. The SMILES string of the molecule is CC(=O)NCCC(O)C(O)c1cnc(N)nc1. The highest BCUT2D eigenvalue weighted by molar-refractivity contribution is 5.72. The van der Waals surface area contributed by atoms with E-state index < -0.39 is 12.2 Å². The van der Waals surface area contributed by atoms with E-state index in [9.17, 15) is 15.0 Å². The Morgan fingerprint density at radius 2 is 2.06 bits per heavy atom. The van der Waals surface area contributed by atoms with Crippen LogP contribution in [0.25, 0.3) is 0 Å². The van der Waals surface area contributed by atoms with Gasteiger partial charge in [0.25, 0.3) is 0 Å². The van der Waals surface area contributed by atoms with Crippen molar-refractivity contribution in [2.24, 2.45) is 0 Å². The van der Waals surface area contributed by atoms with Crippen LogP contribution >= 0.6 is 0 Å². The molecule has 2 unspecified atom stereocenters. The second kappa shape index (κ2) is 6.12. The number of hydrogen-bond donors (Lipinski definition) is 4. The zero-order valence-electron chi connectivity index (χ0n) is 9.50. The van der Waals surface area contributed by atoms with Gasteiger partial charge in [-0.25, -0.2) is 9.97 Å². The Morgan fingerprint density at radius 1 is 1.47 bits per heavy atom. The van der Waals surface area contributed by atoms with E-state index in [4.69, 9.17) is 5.73 Å². The van der Waals surface area contributed by atoms with Crippen LogP contribution in [0.1, 0.15) is 25.0 Å². The quantitative estimate of drug-likeness (QED) is 0.522. The summed E-state index contributed by atoms with van der Waals surface area (Å²) in [6.07, 6.45) is 0.868. The average molecular weight is 240 g/mol. The molecule has 0 aliphatic heterocycles. The van der Waals surface area contributed by atoms with Crippen LogP contribution in [0.2, 0.25) is 0 Å². The third kappa shape index (κ3) is 4.33. The predicted molar refractivity (Wildman–Crippen MR) is 60.7 cm³/mol. The van der Waals surface area contributed by atoms with E-state index in [1.54, 1.807) is 0 Å². The number of carbonyl (C=O) groups excluding carboxylic acids is 1. The molecule has 0 saturated heterocycles. The molecular formula is C10H16N4O3. The Labute approximate surface area is 98.7 Å². The molecule has 0 aromatic carbocycles. The van der Waals surface area contributed by atoms with Crippen LogP contribution in [0.5, 0.6) is 0 Å². The van der Waals surface area contributed by atoms with E-state index in [1.165, 1.54) is 19.3 Å². The summed E-state index contributed by atoms with van der Waals surface area (Å²) in [5.74, 6) is -0.0730. The summed E-state index contributed by atoms with van der Waals surface area (Å²) in [7, 11) is 0. The highest BCUT2D eigenvalue weighted by Crippen LogP contribution is 2.17. The van der Waals surface area contributed by atoms with Crippen LogP contribution in [0.15, 0.2) is 12.4 Å². The Hall–Kier alpha value is -1.73. The fourth-order valence-corrected chi connectivity index (χ4v) is 1.28. The maximum Gasteiger partial charge on any atom is 0.219 e. The lowest BCUT2D eigenvalue weighted by Gasteiger charge is -2.17. The van der Waals surface area contributed by atoms with E-state index in [0.29, 0.717) is 12.1 Å². The number of hydrogen-bond acceptors (Lipinski definition) is 6. The van der Waals surface area contributed by atoms with E-state index >= 15 is 0 Å². The van der Waals surface area contributed by atoms with Crippen LogP contribution in [0.4, 0.5) is 5.95 Å². The largest absolute Gasteiger partial charge is 0.390 e. The number of aliphatic hydroxyl groups is 2. The van der Waals surface area contributed by atoms with Crippen molar-refractivity contribution in [2.75, 3.05) is 12.3 Å². The zero-order valence-corrected chi connectivity index (χ0v) is 9.50. The summed E-state index contributed by atoms with van der Waals surface area (Å²) >= 11 is 0. The van der Waals surface area contributed by atoms with Gasteiger partial charge in [-0.05, 0) is 6.42 Å². The van der Waals surface area contributed by atoms with Gasteiger partial charge in [-0.3, -0.25) is 4.79 Å². The highest BCUT2D eigenvalue weighted by atomic mass is 16.3. The van der Waals surface area contributed by atoms with Crippen molar-refractivity contribution in [1.82, 2.24) is 15.3 Å². The van der Waals surface area contributed by atoms with Crippen molar-refractivity contribution in [2.45, 2.75) is 25.6 Å². The Kier molecular flexibility index (Phi) is 4.80. The molecule has 0 spiro atoms. The van der Waals surface area contributed by atoms with Gasteiger partial charge < -0.3 is 21.3 Å². The molecule has 7 heteroatoms. The molecule has 1 heterocycles. The maximum absolute atomic E-state index is 10.6. The molecule has 2 atom stereocenters. The normalized spacial score (nSPS) is 14.1. The average Bonchev–Trinajstić information content (AvgIpc) is 2.28. The first kappa shape index (κ1) is 13.3. The molecule has 0 fully saturated rings. The number of anilines is 1. The summed E-state index contributed by atoms with van der Waals surface area (Å²) in [6.45, 7) is 1.68. The van der Waals surface area contributed by atoms with Gasteiger partial charge in [-0.2, -0.15) is 0 Å². The van der Waals surface area contributed by atoms with E-state index in [1.807, 2.05) is 0 Å². The molecule has 94 valence electrons. The van der Waals surface area contributed by atoms with Crippen LogP contribution < -0.4 is 11.1 Å². The number of nitrogens with one attached hydrogen (secondary N) is 1. The molecule has 0 aliphatic carbocycles. The van der Waals surface area contributed by atoms with Gasteiger partial charge in [0.1, 0.15) is 6.10 Å². The third-order valence-corrected chi connectivity index (χ3v) is 2.21. The second-order valence-electron chi connectivity index (χ2n) is 3.66. The van der Waals surface area contributed by atoms with Crippen molar-refractivity contribution in [3.63, 3.8) is 0 Å². The summed E-state index contributed by atoms with van der Waals surface area (Å²) in [5.41, 5.74) is 5.69. The number of aliphatic hydroxyl groups excluding tert-OH is 2. The van der Waals surface area contributed by atoms with E-state index in [0.717, 1.165) is 0 Å². The molecular weight excluding hydrogens is 224 g/mol. The number of aromatic nitrogens is 2. The molecule has 0 saturated carbocycles. The number of amides is 1. The molecule has 0 radical (unpaired) electrons. The van der Waals surface area contributed by atoms with Crippen molar-refractivity contribution in [1.29, 1.82) is 0 Å². The standard InChI is InChI=1S/C10H16N4O3/c1-6(15)12-3-2-8(16)9(17)7-4-13-10(11)14-5-7/h4-5,8-9,16-17H,2-3H2,1H3,(H,12,15)(H2,11,13,14). The van der Waals surface area contributed by atoms with Gasteiger partial charge in [-0.15, -0.1) is 0 Å². The monoisotopic (exact) mass is 240 g/mol. The summed E-state index contributed by atoms with van der Waals surface area (Å²) in [5, 5.41) is 22.0. The molecule has 0 aliphatic rings. The van der Waals surface area contributed by atoms with Gasteiger partial charge in [0.15, 0.2) is 0 Å². The fraction of sp³-hybridized carbons (Fsp3) is 0.500. The van der Waals surface area contributed by atoms with Crippen molar-refractivity contribution >= 4 is 11.9 Å². The summed E-state index contributed by atoms with van der Waals surface area (Å²) in [6, 6.07) is 0. The van der Waals surface area contributed by atoms with Crippen LogP contribution in [-0.4, -0.2) is 38.7 Å². The Balaban J connectivity index is 2.48. The van der Waals surface area contributed by atoms with Crippen LogP contribution in [-0.2, 0) is 4.79 Å². The first-order chi connectivity index (χ1) is 8.00. The lowest BCUT2D eigenvalue weighted by Crippen LogP contribution is -2.27. The first-order valence-corrected chi connectivity index (χ1v) is 5.18. The minimum atomic E-state index is -1.09. The maximum atomic E-state index is 10.6. The minimum absolute atomic E-state index is 0.105. The van der Waals surface area contributed by atoms with Crippen LogP contribution in [0.3, 0.4) is 0 Å². The van der Waals surface area contributed by atoms with E-state index in [2.05, 4.69) is 15.3 Å². The lowest BCUT2D eigenvalue weighted by molar-refractivity contribution is -0.119. The summed E-state index contributed by atoms with van der Waals surface area (Å²) in [4.78, 5) is 18.0. The molecule has 1 amide bonds. The van der Waals surface area contributed by atoms with Gasteiger partial charge >= 0.3 is 0 Å². The lowest BCUT2D eigenvalue weighted by atomic mass is 10.1. The van der Waals surface area contributed by atoms with Gasteiger partial charge in [0.05, 0.1) is 6.10 Å². The number of nitrogen functional groups attached to an aromatic ring is 1. The molecule has 1 aromatic rings. The van der Waals surface area contributed by atoms with Gasteiger partial charge in [-0.1, -0.05) is 0 Å². The van der Waals surface area contributed by atoms with Crippen LogP contribution in [0, 0.1) is 0 Å². The summed E-state index contributed by atoms with van der Waals surface area (Å²) < 4.78 is 0. The van der Waals surface area contributed by atoms with Crippen molar-refractivity contribution in [3.8, 4) is 0 Å². The number of carbonyl (C=O) groups is 1. The minimum Gasteiger partial charge on any atom is -0.390 e. The Bertz CT molecular complexity index is 368. The molecule has 17 heavy (non-hydrogen) atoms. The highest BCUT2D eigenvalue weighted by Gasteiger charge is 2.18. The topological polar surface area (TPSA) is 121 Å². The van der Waals surface area contributed by atoms with Gasteiger partial charge in [0, 0.05) is 31.4 Å². The zero-order chi connectivity index (χ0) is 12.8. The molecule has 1 aromatic heterocycles. The smallest absolute Gasteiger partial charge is 0.219 e. The second-order valence-corrected chi connectivity index (χ2v) is 3.66. The first-order valence-electron chi connectivity index (χ1n) is 5.18. The molecule has 0 bridgehead atoms. The molecule has 7 nitrogen and oxygen atoms in total. The van der Waals surface area contributed by atoms with Crippen molar-refractivity contribution < 1.29 is 15.0 Å². The fourth-order valence-electron chi connectivity index (χ4n) is 1.28. The van der Waals surface area contributed by atoms with Crippen molar-refractivity contribution in [3.05, 3.63) is 18.0 Å².